The van der Waals surface area contributed by atoms with E-state index in [1.165, 1.54) is 6.39 Å². The van der Waals surface area contributed by atoms with Crippen LogP contribution in [-0.2, 0) is 20.7 Å². The van der Waals surface area contributed by atoms with Crippen molar-refractivity contribution in [3.05, 3.63) is 12.2 Å². The average molecular weight is 267 g/mol. The number of hydrogen-bond donors (Lipinski definition) is 0. The number of ether oxygens (including phenoxy) is 2. The number of nitrogens with zero attached hydrogens (tertiary/aromatic N) is 3. The minimum absolute atomic E-state index is 0.0458. The molecule has 19 heavy (non-hydrogen) atoms. The highest BCUT2D eigenvalue weighted by Crippen LogP contribution is 2.21. The highest BCUT2D eigenvalue weighted by molar-refractivity contribution is 5.79. The number of piperidine rings is 1. The van der Waals surface area contributed by atoms with Crippen molar-refractivity contribution in [1.82, 2.24) is 15.0 Å². The summed E-state index contributed by atoms with van der Waals surface area (Å²) < 4.78 is 15.2. The molecule has 3 rings (SSSR count). The molecular weight excluding hydrogens is 250 g/mol. The molecule has 0 atom stereocenters. The van der Waals surface area contributed by atoms with Gasteiger partial charge in [-0.1, -0.05) is 5.16 Å². The summed E-state index contributed by atoms with van der Waals surface area (Å²) in [5.41, 5.74) is 0. The molecule has 0 unspecified atom stereocenters. The number of rotatable bonds is 3. The van der Waals surface area contributed by atoms with Crippen LogP contribution in [0.3, 0.4) is 0 Å². The summed E-state index contributed by atoms with van der Waals surface area (Å²) in [7, 11) is 0. The molecule has 0 spiro atoms. The number of aromatic nitrogens is 2. The van der Waals surface area contributed by atoms with Gasteiger partial charge in [0.1, 0.15) is 0 Å². The molecule has 2 fully saturated rings. The van der Waals surface area contributed by atoms with Crippen LogP contribution in [0.5, 0.6) is 0 Å². The molecule has 0 aliphatic carbocycles. The predicted octanol–water partition coefficient (Wildman–Crippen LogP) is 0.224. The molecule has 3 heterocycles. The maximum atomic E-state index is 12.1. The maximum absolute atomic E-state index is 12.1. The van der Waals surface area contributed by atoms with Gasteiger partial charge in [-0.25, -0.2) is 0 Å². The third-order valence-corrected chi connectivity index (χ3v) is 3.63. The van der Waals surface area contributed by atoms with E-state index >= 15 is 0 Å². The predicted molar refractivity (Wildman–Crippen MR) is 63.0 cm³/mol. The first kappa shape index (κ1) is 12.6. The van der Waals surface area contributed by atoms with Crippen molar-refractivity contribution in [3.8, 4) is 0 Å². The Hall–Kier alpha value is -1.47. The van der Waals surface area contributed by atoms with Gasteiger partial charge >= 0.3 is 0 Å². The number of carbonyl (C=O) groups excluding carboxylic acids is 1. The first-order valence-corrected chi connectivity index (χ1v) is 6.60. The zero-order chi connectivity index (χ0) is 13.1. The molecular formula is C12H17N3O4. The molecule has 1 aromatic rings. The van der Waals surface area contributed by atoms with Crippen LogP contribution in [0.1, 0.15) is 18.7 Å². The van der Waals surface area contributed by atoms with E-state index in [-0.39, 0.29) is 5.91 Å². The second-order valence-corrected chi connectivity index (χ2v) is 4.89. The van der Waals surface area contributed by atoms with E-state index in [4.69, 9.17) is 14.0 Å². The molecule has 2 aliphatic rings. The van der Waals surface area contributed by atoms with Crippen molar-refractivity contribution in [1.29, 1.82) is 0 Å². The topological polar surface area (TPSA) is 77.7 Å². The van der Waals surface area contributed by atoms with Crippen molar-refractivity contribution in [3.63, 3.8) is 0 Å². The van der Waals surface area contributed by atoms with Crippen molar-refractivity contribution in [2.24, 2.45) is 5.92 Å². The van der Waals surface area contributed by atoms with Gasteiger partial charge in [0.05, 0.1) is 13.2 Å². The maximum Gasteiger partial charge on any atom is 0.279 e. The Kier molecular flexibility index (Phi) is 3.74. The Bertz CT molecular complexity index is 409. The molecule has 1 aromatic heterocycles. The normalized spacial score (nSPS) is 22.0. The van der Waals surface area contributed by atoms with E-state index in [1.807, 2.05) is 4.90 Å². The summed E-state index contributed by atoms with van der Waals surface area (Å²) in [6, 6.07) is 0. The summed E-state index contributed by atoms with van der Waals surface area (Å²) in [6.45, 7) is 2.49. The smallest absolute Gasteiger partial charge is 0.279 e. The Balaban J connectivity index is 1.47. The molecule has 0 saturated carbocycles. The minimum atomic E-state index is -0.686. The fraction of sp³-hybridized carbons (Fsp3) is 0.750. The van der Waals surface area contributed by atoms with Gasteiger partial charge in [0.25, 0.3) is 5.91 Å². The van der Waals surface area contributed by atoms with Gasteiger partial charge < -0.3 is 18.9 Å². The minimum Gasteiger partial charge on any atom is -0.343 e. The SMILES string of the molecule is O=C(C1OCCO1)N1CCC(Cc2ncon2)CC1. The fourth-order valence-corrected chi connectivity index (χ4v) is 2.55. The first-order valence-electron chi connectivity index (χ1n) is 6.60. The molecule has 7 heteroatoms. The first-order chi connectivity index (χ1) is 9.33. The molecule has 0 bridgehead atoms. The van der Waals surface area contributed by atoms with Crippen molar-refractivity contribution >= 4 is 5.91 Å². The number of carbonyl (C=O) groups is 1. The number of hydrogen-bond acceptors (Lipinski definition) is 6. The van der Waals surface area contributed by atoms with Gasteiger partial charge in [-0.3, -0.25) is 4.79 Å². The molecule has 0 radical (unpaired) electrons. The third kappa shape index (κ3) is 2.93. The molecule has 2 saturated heterocycles. The Labute approximate surface area is 110 Å². The van der Waals surface area contributed by atoms with Crippen molar-refractivity contribution in [2.45, 2.75) is 25.6 Å². The monoisotopic (exact) mass is 267 g/mol. The fourth-order valence-electron chi connectivity index (χ4n) is 2.55. The highest BCUT2D eigenvalue weighted by atomic mass is 16.7. The Morgan fingerprint density at radius 1 is 1.32 bits per heavy atom. The molecule has 7 nitrogen and oxygen atoms in total. The van der Waals surface area contributed by atoms with E-state index in [0.29, 0.717) is 19.1 Å². The Morgan fingerprint density at radius 2 is 2.05 bits per heavy atom. The summed E-state index contributed by atoms with van der Waals surface area (Å²) >= 11 is 0. The van der Waals surface area contributed by atoms with Crippen LogP contribution in [0.25, 0.3) is 0 Å². The van der Waals surface area contributed by atoms with E-state index in [9.17, 15) is 4.79 Å². The van der Waals surface area contributed by atoms with Crippen LogP contribution in [0, 0.1) is 5.92 Å². The lowest BCUT2D eigenvalue weighted by atomic mass is 9.93. The van der Waals surface area contributed by atoms with Gasteiger partial charge in [0.15, 0.2) is 5.82 Å². The standard InChI is InChI=1S/C12H17N3O4/c16-11(12-17-5-6-18-12)15-3-1-9(2-4-15)7-10-13-8-19-14-10/h8-9,12H,1-7H2. The zero-order valence-corrected chi connectivity index (χ0v) is 10.7. The highest BCUT2D eigenvalue weighted by Gasteiger charge is 2.31. The lowest BCUT2D eigenvalue weighted by molar-refractivity contribution is -0.159. The van der Waals surface area contributed by atoms with E-state index in [1.54, 1.807) is 0 Å². The number of likely N-dealkylation sites (tertiary alicyclic amines) is 1. The summed E-state index contributed by atoms with van der Waals surface area (Å²) in [5.74, 6) is 1.20. The van der Waals surface area contributed by atoms with Crippen LogP contribution in [0.15, 0.2) is 10.9 Å². The largest absolute Gasteiger partial charge is 0.343 e. The molecule has 104 valence electrons. The average Bonchev–Trinajstić information content (AvgIpc) is 3.12. The van der Waals surface area contributed by atoms with Gasteiger partial charge in [-0.2, -0.15) is 4.98 Å². The van der Waals surface area contributed by atoms with Crippen LogP contribution in [0.4, 0.5) is 0 Å². The van der Waals surface area contributed by atoms with Crippen LogP contribution in [-0.4, -0.2) is 53.5 Å². The summed E-state index contributed by atoms with van der Waals surface area (Å²) in [5, 5.41) is 3.82. The molecule has 1 amide bonds. The van der Waals surface area contributed by atoms with Gasteiger partial charge in [-0.05, 0) is 18.8 Å². The van der Waals surface area contributed by atoms with E-state index < -0.39 is 6.29 Å². The quantitative estimate of drug-likeness (QED) is 0.780. The van der Waals surface area contributed by atoms with Crippen molar-refractivity contribution < 1.29 is 18.8 Å². The summed E-state index contributed by atoms with van der Waals surface area (Å²) in [6.07, 6.45) is 3.38. The lowest BCUT2D eigenvalue weighted by Gasteiger charge is -2.32. The lowest BCUT2D eigenvalue weighted by Crippen LogP contribution is -2.44. The van der Waals surface area contributed by atoms with Crippen LogP contribution >= 0.6 is 0 Å². The van der Waals surface area contributed by atoms with E-state index in [0.717, 1.165) is 38.2 Å². The van der Waals surface area contributed by atoms with Crippen molar-refractivity contribution in [2.75, 3.05) is 26.3 Å². The molecule has 0 aromatic carbocycles. The molecule has 0 N–H and O–H groups in total. The second-order valence-electron chi connectivity index (χ2n) is 4.89. The van der Waals surface area contributed by atoms with Gasteiger partial charge in [0.2, 0.25) is 12.7 Å². The Morgan fingerprint density at radius 3 is 2.68 bits per heavy atom. The summed E-state index contributed by atoms with van der Waals surface area (Å²) in [4.78, 5) is 17.9. The second kappa shape index (κ2) is 5.66. The van der Waals surface area contributed by atoms with Crippen LogP contribution in [0.2, 0.25) is 0 Å². The van der Waals surface area contributed by atoms with Gasteiger partial charge in [0, 0.05) is 19.5 Å². The third-order valence-electron chi connectivity index (χ3n) is 3.63. The molecule has 2 aliphatic heterocycles. The van der Waals surface area contributed by atoms with Gasteiger partial charge in [-0.15, -0.1) is 0 Å². The zero-order valence-electron chi connectivity index (χ0n) is 10.7. The number of amides is 1. The van der Waals surface area contributed by atoms with Crippen LogP contribution < -0.4 is 0 Å². The van der Waals surface area contributed by atoms with E-state index in [2.05, 4.69) is 10.1 Å².